The summed E-state index contributed by atoms with van der Waals surface area (Å²) in [5.74, 6) is 0. The lowest BCUT2D eigenvalue weighted by Crippen LogP contribution is -2.05. The molecule has 1 nitrogen and oxygen atoms in total. The number of hydrogen-bond acceptors (Lipinski definition) is 1. The predicted molar refractivity (Wildman–Crippen MR) is 120 cm³/mol. The highest BCUT2D eigenvalue weighted by Gasteiger charge is 2.12. The molecule has 0 aliphatic heterocycles. The van der Waals surface area contributed by atoms with Gasteiger partial charge in [-0.25, -0.2) is 0 Å². The van der Waals surface area contributed by atoms with Crippen LogP contribution in [0.15, 0.2) is 47.6 Å². The first-order valence-corrected chi connectivity index (χ1v) is 11.7. The Labute approximate surface area is 176 Å². The Kier molecular flexibility index (Phi) is 12.2. The number of unbranched alkanes of at least 4 members (excludes halogenated alkanes) is 4. The van der Waals surface area contributed by atoms with Crippen molar-refractivity contribution >= 4 is 23.2 Å². The Morgan fingerprint density at radius 1 is 0.704 bits per heavy atom. The Bertz CT molecular complexity index is 472. The molecule has 0 saturated heterocycles. The van der Waals surface area contributed by atoms with Crippen LogP contribution < -0.4 is 0 Å². The molecule has 2 aliphatic rings. The van der Waals surface area contributed by atoms with Gasteiger partial charge in [0.25, 0.3) is 0 Å². The predicted octanol–water partition coefficient (Wildman–Crippen LogP) is 7.89. The van der Waals surface area contributed by atoms with Crippen LogP contribution in [-0.2, 0) is 4.74 Å². The van der Waals surface area contributed by atoms with Gasteiger partial charge in [-0.3, -0.25) is 0 Å². The molecule has 152 valence electrons. The van der Waals surface area contributed by atoms with Gasteiger partial charge in [0, 0.05) is 13.2 Å². The summed E-state index contributed by atoms with van der Waals surface area (Å²) in [5, 5.41) is 0.448. The first kappa shape index (κ1) is 22.8. The van der Waals surface area contributed by atoms with Crippen LogP contribution in [0.2, 0.25) is 0 Å². The fourth-order valence-electron chi connectivity index (χ4n) is 3.65. The van der Waals surface area contributed by atoms with Crippen molar-refractivity contribution in [1.29, 1.82) is 0 Å². The molecule has 0 radical (unpaired) electrons. The number of ether oxygens (including phenoxy) is 1. The van der Waals surface area contributed by atoms with Gasteiger partial charge in [0.05, 0.1) is 10.8 Å². The van der Waals surface area contributed by atoms with Crippen LogP contribution in [0.3, 0.4) is 0 Å². The van der Waals surface area contributed by atoms with Crippen LogP contribution >= 0.6 is 23.2 Å². The van der Waals surface area contributed by atoms with Gasteiger partial charge in [0.1, 0.15) is 0 Å². The zero-order chi connectivity index (χ0) is 19.2. The third-order valence-corrected chi connectivity index (χ3v) is 6.39. The SMILES string of the molecule is ClC(CCCCCOCCCCCC(Cl)C1=CC=CCC1)C1=CC=CCC1. The molecule has 2 unspecified atom stereocenters. The minimum absolute atomic E-state index is 0.224. The summed E-state index contributed by atoms with van der Waals surface area (Å²) in [5.41, 5.74) is 2.82. The molecule has 0 aromatic carbocycles. The van der Waals surface area contributed by atoms with Crippen molar-refractivity contribution in [3.05, 3.63) is 47.6 Å². The summed E-state index contributed by atoms with van der Waals surface area (Å²) in [4.78, 5) is 0. The lowest BCUT2D eigenvalue weighted by molar-refractivity contribution is 0.125. The summed E-state index contributed by atoms with van der Waals surface area (Å²) >= 11 is 13.0. The molecule has 3 heteroatoms. The molecule has 0 amide bonds. The standard InChI is InChI=1S/C24H36Cl2O/c25-23(21-13-5-1-6-14-21)17-9-3-11-19-27-20-12-4-10-18-24(26)22-15-7-2-8-16-22/h1-2,5,7,13,15,23-24H,3-4,6,8-12,14,16-20H2. The largest absolute Gasteiger partial charge is 0.381 e. The maximum absolute atomic E-state index is 6.49. The van der Waals surface area contributed by atoms with Gasteiger partial charge in [-0.05, 0) is 51.4 Å². The average Bonchev–Trinajstić information content (AvgIpc) is 2.73. The molecule has 0 heterocycles. The third kappa shape index (κ3) is 10.0. The van der Waals surface area contributed by atoms with Crippen LogP contribution in [-0.4, -0.2) is 24.0 Å². The topological polar surface area (TPSA) is 9.23 Å². The van der Waals surface area contributed by atoms with Crippen LogP contribution in [0.4, 0.5) is 0 Å². The number of alkyl halides is 2. The highest BCUT2D eigenvalue weighted by Crippen LogP contribution is 2.25. The van der Waals surface area contributed by atoms with Crippen LogP contribution in [0, 0.1) is 0 Å². The molecular weight excluding hydrogens is 375 g/mol. The van der Waals surface area contributed by atoms with Crippen LogP contribution in [0.1, 0.15) is 77.0 Å². The number of rotatable bonds is 14. The summed E-state index contributed by atoms with van der Waals surface area (Å²) in [7, 11) is 0. The van der Waals surface area contributed by atoms with E-state index in [0.29, 0.717) is 0 Å². The highest BCUT2D eigenvalue weighted by atomic mass is 35.5. The first-order valence-electron chi connectivity index (χ1n) is 10.8. The van der Waals surface area contributed by atoms with Gasteiger partial charge in [-0.2, -0.15) is 0 Å². The zero-order valence-corrected chi connectivity index (χ0v) is 18.2. The van der Waals surface area contributed by atoms with E-state index in [0.717, 1.165) is 64.6 Å². The second-order valence-electron chi connectivity index (χ2n) is 7.66. The molecular formula is C24H36Cl2O. The molecule has 0 N–H and O–H groups in total. The fraction of sp³-hybridized carbons (Fsp3) is 0.667. The normalized spacial score (nSPS) is 18.9. The van der Waals surface area contributed by atoms with Gasteiger partial charge in [0.15, 0.2) is 0 Å². The van der Waals surface area contributed by atoms with Gasteiger partial charge < -0.3 is 4.74 Å². The van der Waals surface area contributed by atoms with E-state index in [4.69, 9.17) is 27.9 Å². The summed E-state index contributed by atoms with van der Waals surface area (Å²) in [6.07, 6.45) is 26.9. The first-order chi connectivity index (χ1) is 13.3. The van der Waals surface area contributed by atoms with Gasteiger partial charge in [-0.1, -0.05) is 73.3 Å². The van der Waals surface area contributed by atoms with Crippen molar-refractivity contribution in [3.63, 3.8) is 0 Å². The number of halogens is 2. The molecule has 0 bridgehead atoms. The summed E-state index contributed by atoms with van der Waals surface area (Å²) in [6, 6.07) is 0. The van der Waals surface area contributed by atoms with E-state index < -0.39 is 0 Å². The maximum Gasteiger partial charge on any atom is 0.0548 e. The van der Waals surface area contributed by atoms with E-state index in [9.17, 15) is 0 Å². The minimum atomic E-state index is 0.224. The monoisotopic (exact) mass is 410 g/mol. The van der Waals surface area contributed by atoms with Crippen LogP contribution in [0.25, 0.3) is 0 Å². The van der Waals surface area contributed by atoms with E-state index in [1.807, 2.05) is 0 Å². The van der Waals surface area contributed by atoms with Crippen molar-refractivity contribution < 1.29 is 4.74 Å². The lowest BCUT2D eigenvalue weighted by Gasteiger charge is -2.15. The Hall–Kier alpha value is -0.500. The van der Waals surface area contributed by atoms with Crippen LogP contribution in [0.5, 0.6) is 0 Å². The van der Waals surface area contributed by atoms with E-state index >= 15 is 0 Å². The summed E-state index contributed by atoms with van der Waals surface area (Å²) in [6.45, 7) is 1.77. The molecule has 0 saturated carbocycles. The molecule has 0 fully saturated rings. The number of allylic oxidation sites excluding steroid dienone is 8. The average molecular weight is 411 g/mol. The molecule has 0 aromatic heterocycles. The molecule has 2 rings (SSSR count). The van der Waals surface area contributed by atoms with Crippen molar-refractivity contribution in [2.24, 2.45) is 0 Å². The van der Waals surface area contributed by atoms with Crippen molar-refractivity contribution in [2.45, 2.75) is 87.8 Å². The van der Waals surface area contributed by atoms with Gasteiger partial charge in [-0.15, -0.1) is 23.2 Å². The molecule has 0 spiro atoms. The minimum Gasteiger partial charge on any atom is -0.381 e. The Balaban J connectivity index is 1.35. The van der Waals surface area contributed by atoms with E-state index in [1.54, 1.807) is 0 Å². The fourth-order valence-corrected chi connectivity index (χ4v) is 4.32. The van der Waals surface area contributed by atoms with Crippen molar-refractivity contribution in [2.75, 3.05) is 13.2 Å². The van der Waals surface area contributed by atoms with E-state index in [-0.39, 0.29) is 10.8 Å². The van der Waals surface area contributed by atoms with Crippen molar-refractivity contribution in [1.82, 2.24) is 0 Å². The summed E-state index contributed by atoms with van der Waals surface area (Å²) < 4.78 is 5.77. The second kappa shape index (κ2) is 14.5. The third-order valence-electron chi connectivity index (χ3n) is 5.39. The number of hydrogen-bond donors (Lipinski definition) is 0. The molecule has 27 heavy (non-hydrogen) atoms. The quantitative estimate of drug-likeness (QED) is 0.209. The molecule has 2 atom stereocenters. The lowest BCUT2D eigenvalue weighted by atomic mass is 9.98. The van der Waals surface area contributed by atoms with E-state index in [1.165, 1.54) is 36.8 Å². The maximum atomic E-state index is 6.49. The van der Waals surface area contributed by atoms with Gasteiger partial charge >= 0.3 is 0 Å². The smallest absolute Gasteiger partial charge is 0.0548 e. The van der Waals surface area contributed by atoms with E-state index in [2.05, 4.69) is 36.5 Å². The van der Waals surface area contributed by atoms with Gasteiger partial charge in [0.2, 0.25) is 0 Å². The Morgan fingerprint density at radius 2 is 1.19 bits per heavy atom. The Morgan fingerprint density at radius 3 is 1.59 bits per heavy atom. The van der Waals surface area contributed by atoms with Crippen molar-refractivity contribution in [3.8, 4) is 0 Å². The second-order valence-corrected chi connectivity index (χ2v) is 8.72. The highest BCUT2D eigenvalue weighted by molar-refractivity contribution is 6.22. The molecule has 2 aliphatic carbocycles. The molecule has 0 aromatic rings. The zero-order valence-electron chi connectivity index (χ0n) is 16.7.